The van der Waals surface area contributed by atoms with Gasteiger partial charge in [-0.1, -0.05) is 18.6 Å². The Balaban J connectivity index is 2.34. The monoisotopic (exact) mass is 236 g/mol. The molecule has 0 amide bonds. The van der Waals surface area contributed by atoms with Crippen LogP contribution in [0.4, 0.5) is 0 Å². The quantitative estimate of drug-likeness (QED) is 0.755. The maximum atomic E-state index is 11.9. The third kappa shape index (κ3) is 1.82. The third-order valence-corrected chi connectivity index (χ3v) is 4.27. The zero-order chi connectivity index (χ0) is 12.7. The molecule has 3 heteroatoms. The minimum absolute atomic E-state index is 0.214. The van der Waals surface area contributed by atoms with Gasteiger partial charge in [-0.2, -0.15) is 0 Å². The predicted octanol–water partition coefficient (Wildman–Crippen LogP) is 2.97. The molecular weight excluding hydrogens is 216 g/mol. The molecule has 0 radical (unpaired) electrons. The van der Waals surface area contributed by atoms with Crippen molar-refractivity contribution in [2.24, 2.45) is 5.41 Å². The summed E-state index contributed by atoms with van der Waals surface area (Å²) in [6.07, 6.45) is 5.52. The normalized spacial score (nSPS) is 30.8. The van der Waals surface area contributed by atoms with Gasteiger partial charge in [0.1, 0.15) is 17.1 Å². The first-order valence-corrected chi connectivity index (χ1v) is 6.12. The molecule has 2 aliphatic rings. The summed E-state index contributed by atoms with van der Waals surface area (Å²) in [5.41, 5.74) is 0.386. The van der Waals surface area contributed by atoms with E-state index in [-0.39, 0.29) is 16.8 Å². The van der Waals surface area contributed by atoms with Gasteiger partial charge in [0, 0.05) is 11.8 Å². The van der Waals surface area contributed by atoms with Gasteiger partial charge in [0.2, 0.25) is 0 Å². The van der Waals surface area contributed by atoms with Crippen LogP contribution in [0, 0.1) is 5.41 Å². The second kappa shape index (κ2) is 3.98. The van der Waals surface area contributed by atoms with Crippen molar-refractivity contribution in [1.29, 1.82) is 0 Å². The average molecular weight is 236 g/mol. The zero-order valence-corrected chi connectivity index (χ0v) is 11.0. The first kappa shape index (κ1) is 12.4. The maximum Gasteiger partial charge on any atom is 0.189 e. The lowest BCUT2D eigenvalue weighted by molar-refractivity contribution is -0.124. The van der Waals surface area contributed by atoms with Gasteiger partial charge in [-0.05, 0) is 33.3 Å². The standard InChI is InChI=1S/C14H20O3/c1-5-13(3,10(2)15)11-6-7-12-14(4,8-11)17-9-16-12/h6-7H,5,8-9H2,1-4H3/t13-,14?/m0/s1. The van der Waals surface area contributed by atoms with Crippen molar-refractivity contribution in [2.45, 2.75) is 46.1 Å². The largest absolute Gasteiger partial charge is 0.469 e. The van der Waals surface area contributed by atoms with Gasteiger partial charge in [0.15, 0.2) is 6.79 Å². The molecule has 0 aromatic heterocycles. The number of allylic oxidation sites excluding steroid dienone is 2. The number of hydrogen-bond donors (Lipinski definition) is 0. The molecule has 2 rings (SSSR count). The molecule has 1 aliphatic carbocycles. The molecule has 0 aromatic rings. The number of hydrogen-bond acceptors (Lipinski definition) is 3. The van der Waals surface area contributed by atoms with E-state index in [9.17, 15) is 4.79 Å². The second-order valence-electron chi connectivity index (χ2n) is 5.28. The lowest BCUT2D eigenvalue weighted by Crippen LogP contribution is -2.35. The van der Waals surface area contributed by atoms with Gasteiger partial charge in [-0.25, -0.2) is 0 Å². The fourth-order valence-corrected chi connectivity index (χ4v) is 2.49. The minimum Gasteiger partial charge on any atom is -0.469 e. The molecule has 3 nitrogen and oxygen atoms in total. The summed E-state index contributed by atoms with van der Waals surface area (Å²) in [6.45, 7) is 8.06. The summed E-state index contributed by atoms with van der Waals surface area (Å²) in [4.78, 5) is 11.9. The van der Waals surface area contributed by atoms with Crippen molar-refractivity contribution in [3.63, 3.8) is 0 Å². The number of rotatable bonds is 3. The van der Waals surface area contributed by atoms with E-state index in [1.54, 1.807) is 6.92 Å². The van der Waals surface area contributed by atoms with E-state index in [4.69, 9.17) is 9.47 Å². The summed E-state index contributed by atoms with van der Waals surface area (Å²) in [5, 5.41) is 0. The first-order valence-electron chi connectivity index (χ1n) is 6.12. The fraction of sp³-hybridized carbons (Fsp3) is 0.643. The molecule has 0 saturated carbocycles. The molecule has 2 atom stereocenters. The zero-order valence-electron chi connectivity index (χ0n) is 11.0. The van der Waals surface area contributed by atoms with Crippen LogP contribution in [-0.4, -0.2) is 18.2 Å². The van der Waals surface area contributed by atoms with Crippen LogP contribution < -0.4 is 0 Å². The van der Waals surface area contributed by atoms with Crippen LogP contribution in [0.1, 0.15) is 40.5 Å². The van der Waals surface area contributed by atoms with Gasteiger partial charge in [0.05, 0.1) is 0 Å². The molecule has 94 valence electrons. The van der Waals surface area contributed by atoms with Crippen molar-refractivity contribution in [3.05, 3.63) is 23.5 Å². The van der Waals surface area contributed by atoms with Crippen LogP contribution in [0.2, 0.25) is 0 Å². The van der Waals surface area contributed by atoms with Crippen molar-refractivity contribution in [2.75, 3.05) is 6.79 Å². The van der Waals surface area contributed by atoms with E-state index in [2.05, 4.69) is 6.92 Å². The Morgan fingerprint density at radius 3 is 2.82 bits per heavy atom. The number of ketones is 1. The Morgan fingerprint density at radius 2 is 2.24 bits per heavy atom. The van der Waals surface area contributed by atoms with E-state index < -0.39 is 0 Å². The lowest BCUT2D eigenvalue weighted by Gasteiger charge is -2.35. The molecular formula is C14H20O3. The highest BCUT2D eigenvalue weighted by molar-refractivity contribution is 5.85. The summed E-state index contributed by atoms with van der Waals surface area (Å²) >= 11 is 0. The van der Waals surface area contributed by atoms with E-state index in [1.807, 2.05) is 26.0 Å². The van der Waals surface area contributed by atoms with Crippen LogP contribution in [-0.2, 0) is 14.3 Å². The highest BCUT2D eigenvalue weighted by Gasteiger charge is 2.44. The molecule has 1 unspecified atom stereocenters. The molecule has 0 N–H and O–H groups in total. The molecule has 0 spiro atoms. The van der Waals surface area contributed by atoms with E-state index in [0.717, 1.165) is 24.2 Å². The average Bonchev–Trinajstić information content (AvgIpc) is 2.67. The van der Waals surface area contributed by atoms with Crippen molar-refractivity contribution in [3.8, 4) is 0 Å². The number of carbonyl (C=O) groups is 1. The van der Waals surface area contributed by atoms with Crippen molar-refractivity contribution < 1.29 is 14.3 Å². The number of carbonyl (C=O) groups excluding carboxylic acids is 1. The first-order chi connectivity index (χ1) is 7.92. The molecule has 1 aliphatic heterocycles. The molecule has 1 saturated heterocycles. The van der Waals surface area contributed by atoms with Gasteiger partial charge < -0.3 is 9.47 Å². The maximum absolute atomic E-state index is 11.9. The molecule has 0 aromatic carbocycles. The Hall–Kier alpha value is -1.09. The number of fused-ring (bicyclic) bond motifs is 1. The van der Waals surface area contributed by atoms with Crippen LogP contribution in [0.25, 0.3) is 0 Å². The Kier molecular flexibility index (Phi) is 2.90. The van der Waals surface area contributed by atoms with Crippen LogP contribution >= 0.6 is 0 Å². The van der Waals surface area contributed by atoms with Crippen LogP contribution in [0.5, 0.6) is 0 Å². The van der Waals surface area contributed by atoms with Crippen LogP contribution in [0.15, 0.2) is 23.5 Å². The lowest BCUT2D eigenvalue weighted by atomic mass is 9.70. The van der Waals surface area contributed by atoms with E-state index >= 15 is 0 Å². The van der Waals surface area contributed by atoms with Gasteiger partial charge >= 0.3 is 0 Å². The second-order valence-corrected chi connectivity index (χ2v) is 5.28. The van der Waals surface area contributed by atoms with Crippen LogP contribution in [0.3, 0.4) is 0 Å². The van der Waals surface area contributed by atoms with Gasteiger partial charge in [-0.15, -0.1) is 0 Å². The van der Waals surface area contributed by atoms with E-state index in [1.165, 1.54) is 0 Å². The molecule has 0 bridgehead atoms. The Morgan fingerprint density at radius 1 is 1.53 bits per heavy atom. The molecule has 17 heavy (non-hydrogen) atoms. The summed E-state index contributed by atoms with van der Waals surface area (Å²) in [7, 11) is 0. The smallest absolute Gasteiger partial charge is 0.189 e. The van der Waals surface area contributed by atoms with Crippen molar-refractivity contribution in [1.82, 2.24) is 0 Å². The summed E-state index contributed by atoms with van der Waals surface area (Å²) in [6, 6.07) is 0. The van der Waals surface area contributed by atoms with Gasteiger partial charge in [0.25, 0.3) is 0 Å². The topological polar surface area (TPSA) is 35.5 Å². The Labute approximate surface area is 102 Å². The molecule has 1 fully saturated rings. The number of ether oxygens (including phenoxy) is 2. The SMILES string of the molecule is CC[C@@](C)(C(C)=O)C1=CC=C2OCOC2(C)C1. The van der Waals surface area contributed by atoms with Crippen molar-refractivity contribution >= 4 is 5.78 Å². The summed E-state index contributed by atoms with van der Waals surface area (Å²) < 4.78 is 11.1. The highest BCUT2D eigenvalue weighted by atomic mass is 16.7. The Bertz CT molecular complexity index is 408. The molecule has 1 heterocycles. The summed E-state index contributed by atoms with van der Waals surface area (Å²) in [5.74, 6) is 1.09. The highest BCUT2D eigenvalue weighted by Crippen LogP contribution is 2.44. The third-order valence-electron chi connectivity index (χ3n) is 4.27. The fourth-order valence-electron chi connectivity index (χ4n) is 2.49. The number of Topliss-reactive ketones (excluding diaryl/α,β-unsaturated/α-hetero) is 1. The minimum atomic E-state index is -0.379. The predicted molar refractivity (Wildman–Crippen MR) is 65.3 cm³/mol. The van der Waals surface area contributed by atoms with E-state index in [0.29, 0.717) is 6.79 Å². The van der Waals surface area contributed by atoms with Gasteiger partial charge in [-0.3, -0.25) is 4.79 Å².